The second-order valence-electron chi connectivity index (χ2n) is 3.74. The lowest BCUT2D eigenvalue weighted by Gasteiger charge is -2.07. The van der Waals surface area contributed by atoms with Crippen LogP contribution in [0, 0.1) is 11.6 Å². The molecule has 18 heavy (non-hydrogen) atoms. The molecule has 0 spiro atoms. The number of nitrogens with two attached hydrogens (primary N) is 1. The molecular weight excluding hydrogens is 262 g/mol. The van der Waals surface area contributed by atoms with Crippen molar-refractivity contribution in [3.8, 4) is 0 Å². The summed E-state index contributed by atoms with van der Waals surface area (Å²) in [7, 11) is -0.942. The maximum atomic E-state index is 13.5. The Kier molecular flexibility index (Phi) is 5.21. The van der Waals surface area contributed by atoms with Crippen LogP contribution in [-0.4, -0.2) is 28.7 Å². The first-order valence-electron chi connectivity index (χ1n) is 5.24. The summed E-state index contributed by atoms with van der Waals surface area (Å²) in [5, 5.41) is 2.41. The Bertz CT molecular complexity index is 480. The zero-order chi connectivity index (χ0) is 13.7. The van der Waals surface area contributed by atoms with Crippen molar-refractivity contribution in [3.63, 3.8) is 0 Å². The van der Waals surface area contributed by atoms with Gasteiger partial charge in [-0.15, -0.1) is 0 Å². The fraction of sp³-hybridized carbons (Fsp3) is 0.364. The predicted octanol–water partition coefficient (Wildman–Crippen LogP) is 1.05. The Labute approximate surface area is 106 Å². The number of carbonyl (C=O) groups is 1. The molecule has 0 heterocycles. The molecule has 3 N–H and O–H groups in total. The summed E-state index contributed by atoms with van der Waals surface area (Å²) in [6.07, 6.45) is 2.05. The zero-order valence-corrected chi connectivity index (χ0v) is 10.7. The van der Waals surface area contributed by atoms with Gasteiger partial charge in [-0.1, -0.05) is 0 Å². The lowest BCUT2D eigenvalue weighted by molar-refractivity contribution is 0.0949. The van der Waals surface area contributed by atoms with Crippen LogP contribution in [0.4, 0.5) is 14.5 Å². The van der Waals surface area contributed by atoms with Crippen molar-refractivity contribution >= 4 is 22.4 Å². The maximum absolute atomic E-state index is 13.5. The topological polar surface area (TPSA) is 72.2 Å². The molecule has 1 rings (SSSR count). The number of anilines is 1. The fourth-order valence-electron chi connectivity index (χ4n) is 1.35. The Morgan fingerprint density at radius 3 is 2.72 bits per heavy atom. The molecule has 0 bridgehead atoms. The van der Waals surface area contributed by atoms with Crippen LogP contribution in [0.3, 0.4) is 0 Å². The molecule has 1 amide bonds. The number of amides is 1. The Morgan fingerprint density at radius 1 is 1.44 bits per heavy atom. The number of nitrogen functional groups attached to an aromatic ring is 1. The first-order valence-corrected chi connectivity index (χ1v) is 6.97. The largest absolute Gasteiger partial charge is 0.396 e. The van der Waals surface area contributed by atoms with Gasteiger partial charge in [-0.25, -0.2) is 8.78 Å². The number of hydrogen-bond acceptors (Lipinski definition) is 3. The van der Waals surface area contributed by atoms with Gasteiger partial charge in [-0.3, -0.25) is 9.00 Å². The molecule has 1 unspecified atom stereocenters. The van der Waals surface area contributed by atoms with Crippen molar-refractivity contribution < 1.29 is 17.8 Å². The molecule has 0 fully saturated rings. The van der Waals surface area contributed by atoms with Gasteiger partial charge in [0.05, 0.1) is 11.3 Å². The van der Waals surface area contributed by atoms with E-state index < -0.39 is 39.6 Å². The highest BCUT2D eigenvalue weighted by molar-refractivity contribution is 7.84. The standard InChI is InChI=1S/C11H14F2N2O2S/c1-18(17)4-2-3-15-11(16)8-5-7(12)6-9(14)10(8)13/h5-6H,2-4,14H2,1H3,(H,15,16). The summed E-state index contributed by atoms with van der Waals surface area (Å²) < 4.78 is 37.2. The van der Waals surface area contributed by atoms with Crippen molar-refractivity contribution in [1.29, 1.82) is 0 Å². The van der Waals surface area contributed by atoms with E-state index in [0.717, 1.165) is 12.1 Å². The van der Waals surface area contributed by atoms with E-state index in [1.165, 1.54) is 0 Å². The molecule has 100 valence electrons. The van der Waals surface area contributed by atoms with Crippen LogP contribution < -0.4 is 11.1 Å². The molecule has 4 nitrogen and oxygen atoms in total. The highest BCUT2D eigenvalue weighted by Crippen LogP contribution is 2.17. The molecule has 7 heteroatoms. The van der Waals surface area contributed by atoms with Gasteiger partial charge < -0.3 is 11.1 Å². The first kappa shape index (κ1) is 14.6. The highest BCUT2D eigenvalue weighted by atomic mass is 32.2. The van der Waals surface area contributed by atoms with Crippen molar-refractivity contribution in [2.45, 2.75) is 6.42 Å². The molecule has 0 aromatic heterocycles. The van der Waals surface area contributed by atoms with Gasteiger partial charge in [0.15, 0.2) is 5.82 Å². The van der Waals surface area contributed by atoms with Crippen molar-refractivity contribution in [2.24, 2.45) is 0 Å². The fourth-order valence-corrected chi connectivity index (χ4v) is 1.90. The average molecular weight is 276 g/mol. The molecule has 0 saturated heterocycles. The van der Waals surface area contributed by atoms with E-state index in [4.69, 9.17) is 5.73 Å². The van der Waals surface area contributed by atoms with E-state index in [0.29, 0.717) is 12.2 Å². The number of carbonyl (C=O) groups excluding carboxylic acids is 1. The third-order valence-corrected chi connectivity index (χ3v) is 3.07. The summed E-state index contributed by atoms with van der Waals surface area (Å²) >= 11 is 0. The van der Waals surface area contributed by atoms with Crippen LogP contribution in [-0.2, 0) is 10.8 Å². The summed E-state index contributed by atoms with van der Waals surface area (Å²) in [5.41, 5.74) is 4.39. The van der Waals surface area contributed by atoms with E-state index in [9.17, 15) is 17.8 Å². The van der Waals surface area contributed by atoms with E-state index in [-0.39, 0.29) is 6.54 Å². The van der Waals surface area contributed by atoms with Crippen LogP contribution in [0.15, 0.2) is 12.1 Å². The van der Waals surface area contributed by atoms with Crippen molar-refractivity contribution in [1.82, 2.24) is 5.32 Å². The lowest BCUT2D eigenvalue weighted by Crippen LogP contribution is -2.26. The Hall–Kier alpha value is -1.50. The number of nitrogens with one attached hydrogen (secondary N) is 1. The van der Waals surface area contributed by atoms with Gasteiger partial charge in [0.25, 0.3) is 5.91 Å². The van der Waals surface area contributed by atoms with Crippen molar-refractivity contribution in [3.05, 3.63) is 29.3 Å². The van der Waals surface area contributed by atoms with Crippen molar-refractivity contribution in [2.75, 3.05) is 24.3 Å². The van der Waals surface area contributed by atoms with Crippen LogP contribution in [0.25, 0.3) is 0 Å². The average Bonchev–Trinajstić information content (AvgIpc) is 2.28. The second kappa shape index (κ2) is 6.44. The second-order valence-corrected chi connectivity index (χ2v) is 5.30. The first-order chi connectivity index (χ1) is 8.41. The van der Waals surface area contributed by atoms with E-state index >= 15 is 0 Å². The van der Waals surface area contributed by atoms with Gasteiger partial charge in [-0.2, -0.15) is 0 Å². The van der Waals surface area contributed by atoms with Gasteiger partial charge in [0, 0.05) is 29.4 Å². The molecule has 0 saturated carbocycles. The third-order valence-electron chi connectivity index (χ3n) is 2.20. The van der Waals surface area contributed by atoms with Gasteiger partial charge in [0.2, 0.25) is 0 Å². The Morgan fingerprint density at radius 2 is 2.11 bits per heavy atom. The third kappa shape index (κ3) is 4.06. The normalized spacial score (nSPS) is 12.2. The summed E-state index contributed by atoms with van der Waals surface area (Å²) in [5.74, 6) is -2.00. The molecule has 0 aliphatic carbocycles. The monoisotopic (exact) mass is 276 g/mol. The van der Waals surface area contributed by atoms with Gasteiger partial charge in [0.1, 0.15) is 5.82 Å². The van der Waals surface area contributed by atoms with Gasteiger partial charge in [-0.05, 0) is 18.6 Å². The molecule has 0 aliphatic rings. The maximum Gasteiger partial charge on any atom is 0.254 e. The minimum Gasteiger partial charge on any atom is -0.396 e. The minimum absolute atomic E-state index is 0.244. The minimum atomic E-state index is -0.942. The molecule has 0 radical (unpaired) electrons. The molecule has 1 aromatic carbocycles. The molecular formula is C11H14F2N2O2S. The van der Waals surface area contributed by atoms with Gasteiger partial charge >= 0.3 is 0 Å². The van der Waals surface area contributed by atoms with Crippen LogP contribution >= 0.6 is 0 Å². The number of hydrogen-bond donors (Lipinski definition) is 2. The zero-order valence-electron chi connectivity index (χ0n) is 9.83. The molecule has 1 atom stereocenters. The number of benzene rings is 1. The summed E-state index contributed by atoms with van der Waals surface area (Å²) in [4.78, 5) is 11.6. The molecule has 0 aliphatic heterocycles. The van der Waals surface area contributed by atoms with Crippen LogP contribution in [0.1, 0.15) is 16.8 Å². The lowest BCUT2D eigenvalue weighted by atomic mass is 10.1. The summed E-state index contributed by atoms with van der Waals surface area (Å²) in [6.45, 7) is 0.244. The quantitative estimate of drug-likeness (QED) is 0.623. The van der Waals surface area contributed by atoms with E-state index in [1.807, 2.05) is 0 Å². The highest BCUT2D eigenvalue weighted by Gasteiger charge is 2.15. The molecule has 1 aromatic rings. The van der Waals surface area contributed by atoms with Crippen LogP contribution in [0.5, 0.6) is 0 Å². The smallest absolute Gasteiger partial charge is 0.254 e. The van der Waals surface area contributed by atoms with Crippen LogP contribution in [0.2, 0.25) is 0 Å². The predicted molar refractivity (Wildman–Crippen MR) is 66.7 cm³/mol. The number of rotatable bonds is 5. The Balaban J connectivity index is 2.64. The SMILES string of the molecule is CS(=O)CCCNC(=O)c1cc(F)cc(N)c1F. The van der Waals surface area contributed by atoms with E-state index in [2.05, 4.69) is 5.32 Å². The summed E-state index contributed by atoms with van der Waals surface area (Å²) in [6, 6.07) is 1.60. The van der Waals surface area contributed by atoms with E-state index in [1.54, 1.807) is 6.26 Å². The number of halogens is 2.